The number of aromatic amines is 1. The molecule has 0 radical (unpaired) electrons. The molecule has 0 amide bonds. The first-order valence-corrected chi connectivity index (χ1v) is 6.68. The lowest BCUT2D eigenvalue weighted by Crippen LogP contribution is -2.14. The first-order chi connectivity index (χ1) is 10.3. The van der Waals surface area contributed by atoms with Crippen molar-refractivity contribution in [2.45, 2.75) is 6.54 Å². The molecule has 0 aliphatic rings. The number of aromatic nitrogens is 4. The van der Waals surface area contributed by atoms with Crippen molar-refractivity contribution < 1.29 is 0 Å². The summed E-state index contributed by atoms with van der Waals surface area (Å²) in [4.78, 5) is 23.4. The number of H-pyrrole nitrogens is 1. The van der Waals surface area contributed by atoms with Gasteiger partial charge >= 0.3 is 0 Å². The molecule has 0 aliphatic heterocycles. The average molecular weight is 276 g/mol. The van der Waals surface area contributed by atoms with Gasteiger partial charge in [-0.05, 0) is 22.9 Å². The second-order valence-corrected chi connectivity index (χ2v) is 4.95. The van der Waals surface area contributed by atoms with Crippen molar-refractivity contribution in [3.63, 3.8) is 0 Å². The van der Waals surface area contributed by atoms with Gasteiger partial charge in [-0.3, -0.25) is 4.79 Å². The zero-order chi connectivity index (χ0) is 14.2. The molecule has 5 heteroatoms. The van der Waals surface area contributed by atoms with Crippen LogP contribution in [-0.2, 0) is 6.54 Å². The van der Waals surface area contributed by atoms with Gasteiger partial charge in [0, 0.05) is 18.6 Å². The van der Waals surface area contributed by atoms with Gasteiger partial charge in [-0.25, -0.2) is 9.97 Å². The highest BCUT2D eigenvalue weighted by molar-refractivity contribution is 5.82. The lowest BCUT2D eigenvalue weighted by molar-refractivity contribution is 0.752. The number of hydrogen-bond acceptors (Lipinski definition) is 3. The van der Waals surface area contributed by atoms with Crippen LogP contribution in [0.25, 0.3) is 21.8 Å². The summed E-state index contributed by atoms with van der Waals surface area (Å²) in [6.07, 6.45) is 5.72. The topological polar surface area (TPSA) is 63.6 Å². The summed E-state index contributed by atoms with van der Waals surface area (Å²) >= 11 is 0. The Hall–Kier alpha value is -2.95. The molecule has 3 heterocycles. The van der Waals surface area contributed by atoms with E-state index < -0.39 is 0 Å². The first-order valence-electron chi connectivity index (χ1n) is 6.68. The summed E-state index contributed by atoms with van der Waals surface area (Å²) in [7, 11) is 0. The fourth-order valence-electron chi connectivity index (χ4n) is 2.50. The summed E-state index contributed by atoms with van der Waals surface area (Å²) in [6.45, 7) is 0.510. The van der Waals surface area contributed by atoms with E-state index in [1.165, 1.54) is 10.8 Å². The molecule has 1 N–H and O–H groups in total. The van der Waals surface area contributed by atoms with E-state index in [2.05, 4.69) is 27.1 Å². The first kappa shape index (κ1) is 11.8. The van der Waals surface area contributed by atoms with Gasteiger partial charge in [-0.1, -0.05) is 24.3 Å². The van der Waals surface area contributed by atoms with Crippen LogP contribution in [0.15, 0.2) is 59.8 Å². The molecule has 1 aromatic carbocycles. The highest BCUT2D eigenvalue weighted by atomic mass is 16.1. The zero-order valence-corrected chi connectivity index (χ0v) is 11.2. The minimum Gasteiger partial charge on any atom is -0.346 e. The summed E-state index contributed by atoms with van der Waals surface area (Å²) in [6, 6.07) is 11.6. The van der Waals surface area contributed by atoms with Gasteiger partial charge in [0.1, 0.15) is 5.82 Å². The Morgan fingerprint density at radius 1 is 1.05 bits per heavy atom. The van der Waals surface area contributed by atoms with Gasteiger partial charge in [0.15, 0.2) is 5.65 Å². The van der Waals surface area contributed by atoms with E-state index in [0.717, 1.165) is 0 Å². The van der Waals surface area contributed by atoms with Gasteiger partial charge in [0.2, 0.25) is 0 Å². The van der Waals surface area contributed by atoms with Crippen molar-refractivity contribution in [3.05, 3.63) is 71.2 Å². The molecule has 0 saturated heterocycles. The van der Waals surface area contributed by atoms with Crippen LogP contribution in [0.1, 0.15) is 5.82 Å². The molecule has 0 unspecified atom stereocenters. The second kappa shape index (κ2) is 4.56. The molecule has 21 heavy (non-hydrogen) atoms. The third kappa shape index (κ3) is 2.08. The van der Waals surface area contributed by atoms with Crippen LogP contribution in [0, 0.1) is 0 Å². The molecule has 4 aromatic rings. The third-order valence-electron chi connectivity index (χ3n) is 3.47. The Balaban J connectivity index is 1.78. The molecule has 0 saturated carbocycles. The fourth-order valence-corrected chi connectivity index (χ4v) is 2.50. The van der Waals surface area contributed by atoms with Gasteiger partial charge in [-0.15, -0.1) is 0 Å². The number of benzene rings is 1. The Morgan fingerprint density at radius 3 is 2.57 bits per heavy atom. The minimum absolute atomic E-state index is 0.153. The van der Waals surface area contributed by atoms with Crippen LogP contribution in [-0.4, -0.2) is 19.5 Å². The van der Waals surface area contributed by atoms with Crippen LogP contribution in [0.3, 0.4) is 0 Å². The summed E-state index contributed by atoms with van der Waals surface area (Å²) in [5.41, 5.74) is 0.327. The Kier molecular flexibility index (Phi) is 2.57. The highest BCUT2D eigenvalue weighted by Gasteiger charge is 2.05. The number of rotatable bonds is 2. The standard InChI is InChI=1S/C16H12N4O/c21-16-13-6-3-7-17-15(13)18-14(19-16)10-20-8-11-4-1-2-5-12(11)9-20/h1-9H,10H2,(H,17,18,19,21). The van der Waals surface area contributed by atoms with Crippen molar-refractivity contribution in [1.29, 1.82) is 0 Å². The number of nitrogens with one attached hydrogen (secondary N) is 1. The zero-order valence-electron chi connectivity index (χ0n) is 11.2. The monoisotopic (exact) mass is 276 g/mol. The van der Waals surface area contributed by atoms with Crippen molar-refractivity contribution in [1.82, 2.24) is 19.5 Å². The van der Waals surface area contributed by atoms with E-state index in [-0.39, 0.29) is 5.56 Å². The lowest BCUT2D eigenvalue weighted by atomic mass is 10.2. The Labute approximate surface area is 119 Å². The molecule has 0 fully saturated rings. The largest absolute Gasteiger partial charge is 0.346 e. The van der Waals surface area contributed by atoms with Crippen LogP contribution >= 0.6 is 0 Å². The van der Waals surface area contributed by atoms with Crippen LogP contribution in [0.2, 0.25) is 0 Å². The average Bonchev–Trinajstić information content (AvgIpc) is 2.89. The van der Waals surface area contributed by atoms with Crippen molar-refractivity contribution in [3.8, 4) is 0 Å². The maximum Gasteiger partial charge on any atom is 0.260 e. The molecule has 5 nitrogen and oxygen atoms in total. The lowest BCUT2D eigenvalue weighted by Gasteiger charge is -2.03. The molecule has 0 bridgehead atoms. The maximum absolute atomic E-state index is 12.0. The fraction of sp³-hybridized carbons (Fsp3) is 0.0625. The predicted octanol–water partition coefficient (Wildman–Crippen LogP) is 2.32. The molecule has 4 rings (SSSR count). The van der Waals surface area contributed by atoms with E-state index in [1.807, 2.05) is 29.1 Å². The molecular formula is C16H12N4O. The van der Waals surface area contributed by atoms with Gasteiger partial charge in [-0.2, -0.15) is 0 Å². The Bertz CT molecular complexity index is 967. The summed E-state index contributed by atoms with van der Waals surface area (Å²) < 4.78 is 2.01. The van der Waals surface area contributed by atoms with E-state index in [4.69, 9.17) is 0 Å². The SMILES string of the molecule is O=c1[nH]c(Cn2cc3ccccc3c2)nc2ncccc12. The molecule has 0 atom stereocenters. The smallest absolute Gasteiger partial charge is 0.260 e. The van der Waals surface area contributed by atoms with Gasteiger partial charge in [0.05, 0.1) is 11.9 Å². The van der Waals surface area contributed by atoms with Crippen LogP contribution < -0.4 is 5.56 Å². The van der Waals surface area contributed by atoms with Gasteiger partial charge in [0.25, 0.3) is 5.56 Å². The highest BCUT2D eigenvalue weighted by Crippen LogP contribution is 2.15. The predicted molar refractivity (Wildman–Crippen MR) is 81.2 cm³/mol. The van der Waals surface area contributed by atoms with E-state index in [1.54, 1.807) is 18.3 Å². The van der Waals surface area contributed by atoms with E-state index >= 15 is 0 Å². The summed E-state index contributed by atoms with van der Waals surface area (Å²) in [5, 5.41) is 2.84. The van der Waals surface area contributed by atoms with Gasteiger partial charge < -0.3 is 9.55 Å². The summed E-state index contributed by atoms with van der Waals surface area (Å²) in [5.74, 6) is 0.603. The maximum atomic E-state index is 12.0. The van der Waals surface area contributed by atoms with E-state index in [9.17, 15) is 4.79 Å². The van der Waals surface area contributed by atoms with Crippen LogP contribution in [0.5, 0.6) is 0 Å². The van der Waals surface area contributed by atoms with Crippen molar-refractivity contribution in [2.75, 3.05) is 0 Å². The van der Waals surface area contributed by atoms with Crippen LogP contribution in [0.4, 0.5) is 0 Å². The quantitative estimate of drug-likeness (QED) is 0.611. The number of pyridine rings is 1. The molecule has 3 aromatic heterocycles. The minimum atomic E-state index is -0.153. The molecule has 0 spiro atoms. The van der Waals surface area contributed by atoms with Crippen molar-refractivity contribution in [2.24, 2.45) is 0 Å². The molecule has 0 aliphatic carbocycles. The third-order valence-corrected chi connectivity index (χ3v) is 3.47. The Morgan fingerprint density at radius 2 is 1.81 bits per heavy atom. The van der Waals surface area contributed by atoms with Crippen molar-refractivity contribution >= 4 is 21.8 Å². The van der Waals surface area contributed by atoms with E-state index in [0.29, 0.717) is 23.4 Å². The second-order valence-electron chi connectivity index (χ2n) is 4.95. The number of hydrogen-bond donors (Lipinski definition) is 1. The normalized spacial score (nSPS) is 11.2. The molecular weight excluding hydrogens is 264 g/mol. The number of nitrogens with zero attached hydrogens (tertiary/aromatic N) is 3. The molecule has 102 valence electrons. The number of fused-ring (bicyclic) bond motifs is 2.